The minimum atomic E-state index is -1.41. The third-order valence-electron chi connectivity index (χ3n) is 3.72. The molecule has 0 aromatic heterocycles. The lowest BCUT2D eigenvalue weighted by Gasteiger charge is -2.23. The van der Waals surface area contributed by atoms with Crippen LogP contribution in [-0.4, -0.2) is 34.7 Å². The van der Waals surface area contributed by atoms with Crippen LogP contribution in [0.15, 0.2) is 24.3 Å². The number of fused-ring (bicyclic) bond motifs is 1. The van der Waals surface area contributed by atoms with Crippen molar-refractivity contribution in [3.05, 3.63) is 35.4 Å². The Hall–Kier alpha value is -1.88. The Bertz CT molecular complexity index is 500. The number of aliphatic hydroxyl groups is 1. The maximum atomic E-state index is 12.0. The van der Waals surface area contributed by atoms with Crippen LogP contribution in [0.4, 0.5) is 0 Å². The number of hydrogen-bond donors (Lipinski definition) is 3. The number of rotatable bonds is 5. The van der Waals surface area contributed by atoms with E-state index in [0.29, 0.717) is 0 Å². The Labute approximate surface area is 117 Å². The number of aliphatic hydroxyl groups excluding tert-OH is 1. The summed E-state index contributed by atoms with van der Waals surface area (Å²) in [6, 6.07) is 8.12. The lowest BCUT2D eigenvalue weighted by Crippen LogP contribution is -2.36. The first kappa shape index (κ1) is 14.5. The SMILES string of the molecule is O=C(NCC[C@H](O)C(=O)O)C1CCc2ccccc2C1. The second-order valence-electron chi connectivity index (χ2n) is 5.14. The van der Waals surface area contributed by atoms with E-state index in [4.69, 9.17) is 10.2 Å². The van der Waals surface area contributed by atoms with Gasteiger partial charge in [-0.25, -0.2) is 4.79 Å². The third kappa shape index (κ3) is 3.57. The molecular formula is C15H19NO4. The summed E-state index contributed by atoms with van der Waals surface area (Å²) in [6.07, 6.45) is 1.05. The zero-order valence-corrected chi connectivity index (χ0v) is 11.2. The van der Waals surface area contributed by atoms with Crippen LogP contribution >= 0.6 is 0 Å². The average Bonchev–Trinajstić information content (AvgIpc) is 2.46. The standard InChI is InChI=1S/C15H19NO4/c17-13(15(19)20)7-8-16-14(18)12-6-5-10-3-1-2-4-11(10)9-12/h1-4,12-13,17H,5-9H2,(H,16,18)(H,19,20)/t12?,13-/m0/s1. The third-order valence-corrected chi connectivity index (χ3v) is 3.72. The Morgan fingerprint density at radius 3 is 2.70 bits per heavy atom. The van der Waals surface area contributed by atoms with Gasteiger partial charge >= 0.3 is 5.97 Å². The van der Waals surface area contributed by atoms with E-state index in [1.165, 1.54) is 11.1 Å². The number of nitrogens with one attached hydrogen (secondary N) is 1. The average molecular weight is 277 g/mol. The molecule has 1 aliphatic rings. The molecule has 1 aromatic rings. The van der Waals surface area contributed by atoms with E-state index in [0.717, 1.165) is 19.3 Å². The predicted octanol–water partition coefficient (Wildman–Crippen LogP) is 0.743. The zero-order valence-electron chi connectivity index (χ0n) is 11.2. The number of aliphatic carboxylic acids is 1. The minimum absolute atomic E-state index is 0.0321. The van der Waals surface area contributed by atoms with E-state index in [9.17, 15) is 9.59 Å². The van der Waals surface area contributed by atoms with Crippen molar-refractivity contribution < 1.29 is 19.8 Å². The van der Waals surface area contributed by atoms with Gasteiger partial charge in [0.1, 0.15) is 0 Å². The lowest BCUT2D eigenvalue weighted by molar-refractivity contribution is -0.147. The molecule has 1 unspecified atom stereocenters. The molecule has 5 nitrogen and oxygen atoms in total. The molecule has 0 fully saturated rings. The maximum Gasteiger partial charge on any atom is 0.332 e. The Kier molecular flexibility index (Phi) is 4.74. The summed E-state index contributed by atoms with van der Waals surface area (Å²) >= 11 is 0. The number of benzene rings is 1. The molecule has 0 radical (unpaired) electrons. The molecular weight excluding hydrogens is 258 g/mol. The van der Waals surface area contributed by atoms with Crippen molar-refractivity contribution in [2.75, 3.05) is 6.54 Å². The molecule has 2 rings (SSSR count). The van der Waals surface area contributed by atoms with Crippen molar-refractivity contribution in [3.8, 4) is 0 Å². The number of carboxylic acid groups (broad SMARTS) is 1. The molecule has 5 heteroatoms. The van der Waals surface area contributed by atoms with Crippen molar-refractivity contribution in [2.24, 2.45) is 5.92 Å². The van der Waals surface area contributed by atoms with Gasteiger partial charge in [-0.1, -0.05) is 24.3 Å². The number of carbonyl (C=O) groups is 2. The molecule has 0 bridgehead atoms. The molecule has 0 spiro atoms. The number of hydrogen-bond acceptors (Lipinski definition) is 3. The van der Waals surface area contributed by atoms with E-state index >= 15 is 0 Å². The topological polar surface area (TPSA) is 86.6 Å². The summed E-state index contributed by atoms with van der Waals surface area (Å²) in [5.74, 6) is -1.38. The van der Waals surface area contributed by atoms with E-state index in [-0.39, 0.29) is 24.8 Å². The van der Waals surface area contributed by atoms with Crippen LogP contribution in [0.25, 0.3) is 0 Å². The summed E-state index contributed by atoms with van der Waals surface area (Å²) in [6.45, 7) is 0.185. The molecule has 3 N–H and O–H groups in total. The first-order valence-corrected chi connectivity index (χ1v) is 6.83. The van der Waals surface area contributed by atoms with Crippen LogP contribution < -0.4 is 5.32 Å². The van der Waals surface area contributed by atoms with Gasteiger partial charge in [-0.05, 0) is 30.4 Å². The van der Waals surface area contributed by atoms with Gasteiger partial charge in [0, 0.05) is 18.9 Å². The predicted molar refractivity (Wildman–Crippen MR) is 73.2 cm³/mol. The fourth-order valence-corrected chi connectivity index (χ4v) is 2.52. The van der Waals surface area contributed by atoms with Crippen LogP contribution in [0.3, 0.4) is 0 Å². The van der Waals surface area contributed by atoms with Crippen molar-refractivity contribution in [2.45, 2.75) is 31.8 Å². The summed E-state index contributed by atoms with van der Waals surface area (Å²) in [5.41, 5.74) is 2.52. The molecule has 0 saturated carbocycles. The largest absolute Gasteiger partial charge is 0.479 e. The lowest BCUT2D eigenvalue weighted by atomic mass is 9.83. The Morgan fingerprint density at radius 2 is 2.00 bits per heavy atom. The second kappa shape index (κ2) is 6.52. The molecule has 2 atom stereocenters. The maximum absolute atomic E-state index is 12.0. The summed E-state index contributed by atoms with van der Waals surface area (Å²) in [5, 5.41) is 20.4. The fraction of sp³-hybridized carbons (Fsp3) is 0.467. The van der Waals surface area contributed by atoms with E-state index in [2.05, 4.69) is 11.4 Å². The highest BCUT2D eigenvalue weighted by molar-refractivity contribution is 5.79. The molecule has 108 valence electrons. The van der Waals surface area contributed by atoms with Crippen molar-refractivity contribution in [3.63, 3.8) is 0 Å². The molecule has 0 aliphatic heterocycles. The zero-order chi connectivity index (χ0) is 14.5. The number of carbonyl (C=O) groups excluding carboxylic acids is 1. The van der Waals surface area contributed by atoms with Crippen molar-refractivity contribution in [1.82, 2.24) is 5.32 Å². The molecule has 0 saturated heterocycles. The number of aryl methyl sites for hydroxylation is 1. The highest BCUT2D eigenvalue weighted by Gasteiger charge is 2.24. The van der Waals surface area contributed by atoms with E-state index in [1.54, 1.807) is 0 Å². The summed E-state index contributed by atoms with van der Waals surface area (Å²) in [7, 11) is 0. The van der Waals surface area contributed by atoms with Crippen LogP contribution in [-0.2, 0) is 22.4 Å². The molecule has 1 aliphatic carbocycles. The van der Waals surface area contributed by atoms with Crippen LogP contribution in [0.5, 0.6) is 0 Å². The monoisotopic (exact) mass is 277 g/mol. The first-order valence-electron chi connectivity index (χ1n) is 6.83. The van der Waals surface area contributed by atoms with Gasteiger partial charge in [-0.15, -0.1) is 0 Å². The second-order valence-corrected chi connectivity index (χ2v) is 5.14. The Balaban J connectivity index is 1.81. The smallest absolute Gasteiger partial charge is 0.332 e. The van der Waals surface area contributed by atoms with Crippen molar-refractivity contribution in [1.29, 1.82) is 0 Å². The molecule has 20 heavy (non-hydrogen) atoms. The van der Waals surface area contributed by atoms with Crippen LogP contribution in [0.1, 0.15) is 24.0 Å². The van der Waals surface area contributed by atoms with Gasteiger partial charge in [0.15, 0.2) is 6.10 Å². The van der Waals surface area contributed by atoms with Gasteiger partial charge < -0.3 is 15.5 Å². The fourth-order valence-electron chi connectivity index (χ4n) is 2.52. The molecule has 1 aromatic carbocycles. The Morgan fingerprint density at radius 1 is 1.30 bits per heavy atom. The number of carboxylic acids is 1. The van der Waals surface area contributed by atoms with Crippen LogP contribution in [0.2, 0.25) is 0 Å². The molecule has 0 heterocycles. The minimum Gasteiger partial charge on any atom is -0.479 e. The van der Waals surface area contributed by atoms with Gasteiger partial charge in [0.2, 0.25) is 5.91 Å². The van der Waals surface area contributed by atoms with Crippen molar-refractivity contribution >= 4 is 11.9 Å². The quantitative estimate of drug-likeness (QED) is 0.741. The highest BCUT2D eigenvalue weighted by Crippen LogP contribution is 2.25. The number of amides is 1. The van der Waals surface area contributed by atoms with Gasteiger partial charge in [0.25, 0.3) is 0 Å². The molecule has 1 amide bonds. The van der Waals surface area contributed by atoms with Gasteiger partial charge in [-0.3, -0.25) is 4.79 Å². The van der Waals surface area contributed by atoms with E-state index in [1.807, 2.05) is 18.2 Å². The van der Waals surface area contributed by atoms with Crippen LogP contribution in [0, 0.1) is 5.92 Å². The van der Waals surface area contributed by atoms with E-state index < -0.39 is 12.1 Å². The highest BCUT2D eigenvalue weighted by atomic mass is 16.4. The van der Waals surface area contributed by atoms with Gasteiger partial charge in [0.05, 0.1) is 0 Å². The first-order chi connectivity index (χ1) is 9.58. The van der Waals surface area contributed by atoms with Gasteiger partial charge in [-0.2, -0.15) is 0 Å². The normalized spacial score (nSPS) is 18.9. The summed E-state index contributed by atoms with van der Waals surface area (Å²) < 4.78 is 0. The summed E-state index contributed by atoms with van der Waals surface area (Å²) in [4.78, 5) is 22.5.